The Bertz CT molecular complexity index is 811. The Hall–Kier alpha value is -2.68. The van der Waals surface area contributed by atoms with E-state index in [9.17, 15) is 9.90 Å². The van der Waals surface area contributed by atoms with Crippen molar-refractivity contribution in [2.75, 3.05) is 0 Å². The smallest absolute Gasteiger partial charge is 0.358 e. The summed E-state index contributed by atoms with van der Waals surface area (Å²) in [6.45, 7) is 4.02. The van der Waals surface area contributed by atoms with Crippen LogP contribution >= 0.6 is 11.3 Å². The summed E-state index contributed by atoms with van der Waals surface area (Å²) in [6, 6.07) is 3.40. The molecule has 0 aromatic carbocycles. The molecule has 112 valence electrons. The Labute approximate surface area is 129 Å². The second-order valence-electron chi connectivity index (χ2n) is 4.82. The van der Waals surface area contributed by atoms with Crippen LogP contribution in [0.3, 0.4) is 0 Å². The highest BCUT2D eigenvalue weighted by Gasteiger charge is 2.23. The largest absolute Gasteiger partial charge is 0.476 e. The molecule has 0 aliphatic heterocycles. The van der Waals surface area contributed by atoms with Crippen LogP contribution in [-0.4, -0.2) is 41.3 Å². The fourth-order valence-electron chi connectivity index (χ4n) is 1.87. The summed E-state index contributed by atoms with van der Waals surface area (Å²) in [4.78, 5) is 15.3. The van der Waals surface area contributed by atoms with E-state index in [-0.39, 0.29) is 11.6 Å². The number of hydrogen-bond donors (Lipinski definition) is 1. The van der Waals surface area contributed by atoms with Crippen molar-refractivity contribution in [2.45, 2.75) is 19.8 Å². The number of hydrogen-bond acceptors (Lipinski definition) is 7. The van der Waals surface area contributed by atoms with Gasteiger partial charge in [0.05, 0.1) is 0 Å². The maximum atomic E-state index is 11.4. The quantitative estimate of drug-likeness (QED) is 0.784. The van der Waals surface area contributed by atoms with Gasteiger partial charge in [-0.25, -0.2) is 4.79 Å². The van der Waals surface area contributed by atoms with Gasteiger partial charge in [0, 0.05) is 23.9 Å². The topological polar surface area (TPSA) is 107 Å². The molecule has 3 aromatic rings. The molecule has 3 rings (SSSR count). The van der Waals surface area contributed by atoms with Crippen LogP contribution in [0.15, 0.2) is 24.5 Å². The van der Waals surface area contributed by atoms with Crippen LogP contribution in [-0.2, 0) is 0 Å². The zero-order valence-electron chi connectivity index (χ0n) is 11.8. The maximum absolute atomic E-state index is 11.4. The highest BCUT2D eigenvalue weighted by Crippen LogP contribution is 2.28. The van der Waals surface area contributed by atoms with Crippen LogP contribution in [0.5, 0.6) is 0 Å². The monoisotopic (exact) mass is 316 g/mol. The lowest BCUT2D eigenvalue weighted by Crippen LogP contribution is -2.03. The van der Waals surface area contributed by atoms with Crippen molar-refractivity contribution in [3.8, 4) is 16.4 Å². The Morgan fingerprint density at radius 1 is 1.23 bits per heavy atom. The van der Waals surface area contributed by atoms with E-state index < -0.39 is 5.97 Å². The number of rotatable bonds is 4. The summed E-state index contributed by atoms with van der Waals surface area (Å²) in [7, 11) is 0. The van der Waals surface area contributed by atoms with Crippen molar-refractivity contribution < 1.29 is 9.90 Å². The summed E-state index contributed by atoms with van der Waals surface area (Å²) >= 11 is 1.36. The summed E-state index contributed by atoms with van der Waals surface area (Å²) in [6.07, 6.45) is 3.16. The van der Waals surface area contributed by atoms with Gasteiger partial charge in [0.25, 0.3) is 0 Å². The molecule has 0 saturated carbocycles. The number of carbonyl (C=O) groups is 1. The molecule has 0 amide bonds. The average molecular weight is 316 g/mol. The first-order chi connectivity index (χ1) is 10.6. The molecule has 0 atom stereocenters. The third-order valence-corrected chi connectivity index (χ3v) is 4.13. The van der Waals surface area contributed by atoms with Gasteiger partial charge < -0.3 is 5.11 Å². The molecule has 0 saturated heterocycles. The minimum absolute atomic E-state index is 0.132. The van der Waals surface area contributed by atoms with Gasteiger partial charge in [-0.1, -0.05) is 30.4 Å². The first-order valence-corrected chi connectivity index (χ1v) is 7.32. The van der Waals surface area contributed by atoms with E-state index in [4.69, 9.17) is 0 Å². The maximum Gasteiger partial charge on any atom is 0.358 e. The van der Waals surface area contributed by atoms with E-state index in [0.29, 0.717) is 16.4 Å². The van der Waals surface area contributed by atoms with E-state index in [1.54, 1.807) is 24.5 Å². The number of carboxylic acids is 1. The van der Waals surface area contributed by atoms with E-state index in [1.807, 2.05) is 13.8 Å². The van der Waals surface area contributed by atoms with Gasteiger partial charge in [0.1, 0.15) is 10.7 Å². The fraction of sp³-hybridized carbons (Fsp3) is 0.231. The molecule has 8 nitrogen and oxygen atoms in total. The van der Waals surface area contributed by atoms with Crippen molar-refractivity contribution in [3.05, 3.63) is 35.2 Å². The molecule has 0 radical (unpaired) electrons. The van der Waals surface area contributed by atoms with Crippen LogP contribution in [0.4, 0.5) is 0 Å². The molecule has 0 fully saturated rings. The third-order valence-electron chi connectivity index (χ3n) is 2.93. The first kappa shape index (κ1) is 14.3. The van der Waals surface area contributed by atoms with Crippen LogP contribution in [0, 0.1) is 0 Å². The van der Waals surface area contributed by atoms with Gasteiger partial charge in [0.15, 0.2) is 5.69 Å². The minimum Gasteiger partial charge on any atom is -0.476 e. The number of aromatic carboxylic acids is 1. The molecule has 9 heteroatoms. The van der Waals surface area contributed by atoms with Gasteiger partial charge in [-0.05, 0) is 12.1 Å². The first-order valence-electron chi connectivity index (χ1n) is 6.51. The molecule has 22 heavy (non-hydrogen) atoms. The van der Waals surface area contributed by atoms with E-state index in [0.717, 1.165) is 5.01 Å². The van der Waals surface area contributed by atoms with Crippen molar-refractivity contribution in [1.29, 1.82) is 0 Å². The van der Waals surface area contributed by atoms with Crippen molar-refractivity contribution >= 4 is 17.3 Å². The summed E-state index contributed by atoms with van der Waals surface area (Å²) < 4.78 is 1.41. The number of aromatic nitrogens is 6. The molecule has 1 N–H and O–H groups in total. The summed E-state index contributed by atoms with van der Waals surface area (Å²) in [5, 5.41) is 26.5. The minimum atomic E-state index is -1.15. The lowest BCUT2D eigenvalue weighted by molar-refractivity contribution is 0.0691. The highest BCUT2D eigenvalue weighted by atomic mass is 32.1. The van der Waals surface area contributed by atoms with Crippen LogP contribution in [0.2, 0.25) is 0 Å². The standard InChI is InChI=1S/C13H12N6O2S/c1-7(2)11-16-17-13(22-11)19-10(8-3-5-14-6-4-8)9(12(20)21)15-18-19/h3-7H,1-2H3,(H,20,21). The highest BCUT2D eigenvalue weighted by molar-refractivity contribution is 7.13. The van der Waals surface area contributed by atoms with Crippen molar-refractivity contribution in [2.24, 2.45) is 0 Å². The Morgan fingerprint density at radius 2 is 1.95 bits per heavy atom. The SMILES string of the molecule is CC(C)c1nnc(-n2nnc(C(=O)O)c2-c2ccncc2)s1. The lowest BCUT2D eigenvalue weighted by atomic mass is 10.1. The second kappa shape index (κ2) is 5.60. The molecule has 3 aromatic heterocycles. The normalized spacial score (nSPS) is 11.0. The van der Waals surface area contributed by atoms with Crippen LogP contribution in [0.1, 0.15) is 35.3 Å². The molecular weight excluding hydrogens is 304 g/mol. The molecule has 0 aliphatic carbocycles. The van der Waals surface area contributed by atoms with Gasteiger partial charge in [-0.2, -0.15) is 4.68 Å². The van der Waals surface area contributed by atoms with E-state index in [1.165, 1.54) is 16.0 Å². The van der Waals surface area contributed by atoms with Gasteiger partial charge in [-0.3, -0.25) is 4.98 Å². The Morgan fingerprint density at radius 3 is 2.55 bits per heavy atom. The van der Waals surface area contributed by atoms with Crippen LogP contribution < -0.4 is 0 Å². The lowest BCUT2D eigenvalue weighted by Gasteiger charge is -2.03. The molecule has 0 bridgehead atoms. The molecule has 3 heterocycles. The number of nitrogens with zero attached hydrogens (tertiary/aromatic N) is 6. The van der Waals surface area contributed by atoms with E-state index in [2.05, 4.69) is 25.5 Å². The zero-order valence-corrected chi connectivity index (χ0v) is 12.7. The molecule has 0 spiro atoms. The molecular formula is C13H12N6O2S. The second-order valence-corrected chi connectivity index (χ2v) is 5.80. The number of pyridine rings is 1. The molecule has 0 aliphatic rings. The van der Waals surface area contributed by atoms with Gasteiger partial charge in [0.2, 0.25) is 5.13 Å². The Kier molecular flexibility index (Phi) is 3.63. The zero-order chi connectivity index (χ0) is 15.7. The predicted octanol–water partition coefficient (Wildman–Crippen LogP) is 2.00. The predicted molar refractivity (Wildman–Crippen MR) is 79.1 cm³/mol. The fourth-order valence-corrected chi connectivity index (χ4v) is 2.67. The Balaban J connectivity index is 2.18. The van der Waals surface area contributed by atoms with Crippen molar-refractivity contribution in [3.63, 3.8) is 0 Å². The van der Waals surface area contributed by atoms with Gasteiger partial charge >= 0.3 is 5.97 Å². The third kappa shape index (κ3) is 2.46. The summed E-state index contributed by atoms with van der Waals surface area (Å²) in [5.41, 5.74) is 0.882. The average Bonchev–Trinajstić information content (AvgIpc) is 3.14. The van der Waals surface area contributed by atoms with Crippen LogP contribution in [0.25, 0.3) is 16.4 Å². The van der Waals surface area contributed by atoms with E-state index >= 15 is 0 Å². The number of carboxylic acid groups (broad SMARTS) is 1. The summed E-state index contributed by atoms with van der Waals surface area (Å²) in [5.74, 6) is -0.912. The van der Waals surface area contributed by atoms with Gasteiger partial charge in [-0.15, -0.1) is 15.3 Å². The van der Waals surface area contributed by atoms with Crippen molar-refractivity contribution in [1.82, 2.24) is 30.2 Å². The molecule has 0 unspecified atom stereocenters.